The van der Waals surface area contributed by atoms with Crippen molar-refractivity contribution >= 4 is 5.91 Å². The zero-order valence-electron chi connectivity index (χ0n) is 5.77. The Hall–Kier alpha value is -0.970. The predicted molar refractivity (Wildman–Crippen MR) is 36.4 cm³/mol. The van der Waals surface area contributed by atoms with Gasteiger partial charge in [-0.05, 0) is 13.8 Å². The average molecular weight is 125 g/mol. The van der Waals surface area contributed by atoms with E-state index in [-0.39, 0.29) is 17.7 Å². The van der Waals surface area contributed by atoms with Gasteiger partial charge < -0.3 is 5.73 Å². The molecule has 0 aliphatic heterocycles. The highest BCUT2D eigenvalue weighted by atomic mass is 16.1. The first-order valence-electron chi connectivity index (χ1n) is 2.74. The van der Waals surface area contributed by atoms with Crippen LogP contribution in [0, 0.1) is 17.8 Å². The second-order valence-electron chi connectivity index (χ2n) is 2.67. The standard InChI is InChI=1S/C7H11NO/c1-4-7(2,3)5-6(8)9/h1H,5H2,2-3H3,(H2,8,9). The summed E-state index contributed by atoms with van der Waals surface area (Å²) in [6, 6.07) is 0. The van der Waals surface area contributed by atoms with Crippen LogP contribution in [0.5, 0.6) is 0 Å². The molecule has 2 heteroatoms. The molecule has 0 radical (unpaired) electrons. The van der Waals surface area contributed by atoms with E-state index in [0.717, 1.165) is 0 Å². The summed E-state index contributed by atoms with van der Waals surface area (Å²) < 4.78 is 0. The summed E-state index contributed by atoms with van der Waals surface area (Å²) in [5.41, 5.74) is 4.54. The summed E-state index contributed by atoms with van der Waals surface area (Å²) in [4.78, 5) is 10.3. The number of hydrogen-bond acceptors (Lipinski definition) is 1. The number of rotatable bonds is 2. The Morgan fingerprint density at radius 3 is 2.33 bits per heavy atom. The van der Waals surface area contributed by atoms with Crippen LogP contribution >= 0.6 is 0 Å². The molecule has 2 N–H and O–H groups in total. The van der Waals surface area contributed by atoms with Crippen molar-refractivity contribution in [1.29, 1.82) is 0 Å². The summed E-state index contributed by atoms with van der Waals surface area (Å²) in [6.45, 7) is 3.61. The van der Waals surface area contributed by atoms with Crippen molar-refractivity contribution in [3.05, 3.63) is 0 Å². The van der Waals surface area contributed by atoms with Gasteiger partial charge in [-0.25, -0.2) is 0 Å². The highest BCUT2D eigenvalue weighted by Crippen LogP contribution is 2.16. The van der Waals surface area contributed by atoms with E-state index in [2.05, 4.69) is 5.92 Å². The maximum absolute atomic E-state index is 10.3. The Bertz CT molecular complexity index is 153. The molecule has 0 aliphatic rings. The molecule has 0 bridgehead atoms. The molecule has 9 heavy (non-hydrogen) atoms. The van der Waals surface area contributed by atoms with E-state index in [1.54, 1.807) is 13.8 Å². The van der Waals surface area contributed by atoms with Gasteiger partial charge in [0.2, 0.25) is 5.91 Å². The summed E-state index contributed by atoms with van der Waals surface area (Å²) in [6.07, 6.45) is 5.35. The zero-order valence-corrected chi connectivity index (χ0v) is 5.77. The minimum Gasteiger partial charge on any atom is -0.370 e. The summed E-state index contributed by atoms with van der Waals surface area (Å²) in [5, 5.41) is 0. The Balaban J connectivity index is 3.91. The fraction of sp³-hybridized carbons (Fsp3) is 0.571. The molecular weight excluding hydrogens is 114 g/mol. The number of nitrogens with two attached hydrogens (primary N) is 1. The monoisotopic (exact) mass is 125 g/mol. The van der Waals surface area contributed by atoms with Crippen LogP contribution in [-0.4, -0.2) is 5.91 Å². The van der Waals surface area contributed by atoms with E-state index in [0.29, 0.717) is 0 Å². The molecule has 2 nitrogen and oxygen atoms in total. The largest absolute Gasteiger partial charge is 0.370 e. The quantitative estimate of drug-likeness (QED) is 0.537. The van der Waals surface area contributed by atoms with E-state index < -0.39 is 0 Å². The minimum absolute atomic E-state index is 0.253. The summed E-state index contributed by atoms with van der Waals surface area (Å²) >= 11 is 0. The molecule has 50 valence electrons. The summed E-state index contributed by atoms with van der Waals surface area (Å²) in [5.74, 6) is 2.12. The molecule has 0 unspecified atom stereocenters. The van der Waals surface area contributed by atoms with E-state index in [1.807, 2.05) is 0 Å². The molecule has 0 saturated heterocycles. The van der Waals surface area contributed by atoms with Crippen molar-refractivity contribution in [2.45, 2.75) is 20.3 Å². The third-order valence-corrected chi connectivity index (χ3v) is 1.01. The average Bonchev–Trinajstić information content (AvgIpc) is 1.63. The van der Waals surface area contributed by atoms with Gasteiger partial charge in [0.1, 0.15) is 0 Å². The lowest BCUT2D eigenvalue weighted by atomic mass is 9.90. The molecule has 0 spiro atoms. The Kier molecular flexibility index (Phi) is 2.27. The number of carbonyl (C=O) groups is 1. The first-order valence-corrected chi connectivity index (χ1v) is 2.74. The van der Waals surface area contributed by atoms with Gasteiger partial charge in [0.25, 0.3) is 0 Å². The fourth-order valence-corrected chi connectivity index (χ4v) is 0.487. The van der Waals surface area contributed by atoms with Crippen LogP contribution in [0.4, 0.5) is 0 Å². The highest BCUT2D eigenvalue weighted by molar-refractivity contribution is 5.74. The lowest BCUT2D eigenvalue weighted by molar-refractivity contribution is -0.119. The van der Waals surface area contributed by atoms with Crippen molar-refractivity contribution in [2.75, 3.05) is 0 Å². The van der Waals surface area contributed by atoms with E-state index in [9.17, 15) is 4.79 Å². The zero-order chi connectivity index (χ0) is 7.49. The lowest BCUT2D eigenvalue weighted by Gasteiger charge is -2.13. The SMILES string of the molecule is C#CC(C)(C)CC(N)=O. The molecule has 0 aromatic heterocycles. The van der Waals surface area contributed by atoms with Gasteiger partial charge in [-0.15, -0.1) is 6.42 Å². The van der Waals surface area contributed by atoms with Gasteiger partial charge >= 0.3 is 0 Å². The van der Waals surface area contributed by atoms with Gasteiger partial charge in [0.05, 0.1) is 0 Å². The number of terminal acetylenes is 1. The van der Waals surface area contributed by atoms with Crippen LogP contribution in [0.3, 0.4) is 0 Å². The molecule has 1 amide bonds. The molecule has 0 saturated carbocycles. The Labute approximate surface area is 55.4 Å². The van der Waals surface area contributed by atoms with Crippen molar-refractivity contribution < 1.29 is 4.79 Å². The summed E-state index contributed by atoms with van der Waals surface area (Å²) in [7, 11) is 0. The number of hydrogen-bond donors (Lipinski definition) is 1. The van der Waals surface area contributed by atoms with Gasteiger partial charge in [-0.1, -0.05) is 5.92 Å². The number of carbonyl (C=O) groups excluding carboxylic acids is 1. The fourth-order valence-electron chi connectivity index (χ4n) is 0.487. The second-order valence-corrected chi connectivity index (χ2v) is 2.67. The minimum atomic E-state index is -0.383. The number of primary amides is 1. The molecule has 0 aromatic carbocycles. The maximum Gasteiger partial charge on any atom is 0.218 e. The van der Waals surface area contributed by atoms with E-state index >= 15 is 0 Å². The highest BCUT2D eigenvalue weighted by Gasteiger charge is 2.16. The van der Waals surface area contributed by atoms with Gasteiger partial charge in [-0.2, -0.15) is 0 Å². The van der Waals surface area contributed by atoms with Gasteiger partial charge in [0.15, 0.2) is 0 Å². The molecule has 0 heterocycles. The van der Waals surface area contributed by atoms with Crippen LogP contribution in [-0.2, 0) is 4.79 Å². The lowest BCUT2D eigenvalue weighted by Crippen LogP contribution is -2.20. The third-order valence-electron chi connectivity index (χ3n) is 1.01. The van der Waals surface area contributed by atoms with Crippen molar-refractivity contribution in [3.8, 4) is 12.3 Å². The van der Waals surface area contributed by atoms with Crippen LogP contribution in [0.1, 0.15) is 20.3 Å². The van der Waals surface area contributed by atoms with E-state index in [1.165, 1.54) is 0 Å². The first-order chi connectivity index (χ1) is 3.98. The smallest absolute Gasteiger partial charge is 0.218 e. The van der Waals surface area contributed by atoms with Crippen molar-refractivity contribution in [2.24, 2.45) is 11.1 Å². The molecule has 0 aliphatic carbocycles. The van der Waals surface area contributed by atoms with Crippen LogP contribution in [0.2, 0.25) is 0 Å². The second kappa shape index (κ2) is 2.54. The Morgan fingerprint density at radius 1 is 1.78 bits per heavy atom. The van der Waals surface area contributed by atoms with E-state index in [4.69, 9.17) is 12.2 Å². The van der Waals surface area contributed by atoms with Gasteiger partial charge in [-0.3, -0.25) is 4.79 Å². The van der Waals surface area contributed by atoms with Crippen molar-refractivity contribution in [3.63, 3.8) is 0 Å². The molecule has 0 fully saturated rings. The van der Waals surface area contributed by atoms with Crippen LogP contribution in [0.15, 0.2) is 0 Å². The molecule has 0 atom stereocenters. The topological polar surface area (TPSA) is 43.1 Å². The van der Waals surface area contributed by atoms with Crippen LogP contribution in [0.25, 0.3) is 0 Å². The third kappa shape index (κ3) is 3.60. The van der Waals surface area contributed by atoms with Crippen molar-refractivity contribution in [1.82, 2.24) is 0 Å². The van der Waals surface area contributed by atoms with Crippen LogP contribution < -0.4 is 5.73 Å². The Morgan fingerprint density at radius 2 is 2.22 bits per heavy atom. The first kappa shape index (κ1) is 8.03. The van der Waals surface area contributed by atoms with Gasteiger partial charge in [0, 0.05) is 11.8 Å². The maximum atomic E-state index is 10.3. The number of amides is 1. The normalized spacial score (nSPS) is 10.3. The molecular formula is C7H11NO. The molecule has 0 aromatic rings. The molecule has 0 rings (SSSR count). The predicted octanol–water partition coefficient (Wildman–Crippen LogP) is 0.521.